The van der Waals surface area contributed by atoms with Gasteiger partial charge in [-0.1, -0.05) is 0 Å². The third kappa shape index (κ3) is 12000. The third-order valence-electron chi connectivity index (χ3n) is 0. The molecular weight excluding hydrogens is 741 g/mol. The van der Waals surface area contributed by atoms with Crippen molar-refractivity contribution in [1.29, 1.82) is 0 Å². The quantitative estimate of drug-likeness (QED) is 0.0806. The van der Waals surface area contributed by atoms with Gasteiger partial charge in [-0.3, -0.25) is 63.7 Å². The van der Waals surface area contributed by atoms with Gasteiger partial charge in [0, 0.05) is 0 Å². The summed E-state index contributed by atoms with van der Waals surface area (Å²) in [5.74, 6) is 0. The van der Waals surface area contributed by atoms with Gasteiger partial charge in [0.25, 0.3) is 0 Å². The fraction of sp³-hybridized carbons (Fsp3) is 0. The van der Waals surface area contributed by atoms with Crippen molar-refractivity contribution in [2.75, 3.05) is 0 Å². The summed E-state index contributed by atoms with van der Waals surface area (Å²) < 4.78 is 221. The molecule has 0 aromatic rings. The van der Waals surface area contributed by atoms with Gasteiger partial charge >= 0.3 is 161 Å². The number of hydrogen-bond donors (Lipinski definition) is 14. The first-order chi connectivity index (χ1) is 14.0. The maximum absolute atomic E-state index is 8.74. The van der Waals surface area contributed by atoms with Crippen LogP contribution in [0.3, 0.4) is 0 Å². The van der Waals surface area contributed by atoms with Crippen LogP contribution >= 0.6 is 0 Å². The molecule has 0 radical (unpaired) electrons. The minimum atomic E-state index is -4.67. The van der Waals surface area contributed by atoms with Crippen molar-refractivity contribution in [3.05, 3.63) is 0 Å². The predicted octanol–water partition coefficient (Wildman–Crippen LogP) is -6.52. The molecule has 38 heteroatoms. The van der Waals surface area contributed by atoms with Crippen molar-refractivity contribution in [2.24, 2.45) is 0 Å². The summed E-state index contributed by atoms with van der Waals surface area (Å²) >= 11 is 0. The Morgan fingerprint density at radius 1 is 0.184 bits per heavy atom. The van der Waals surface area contributed by atoms with Gasteiger partial charge in [-0.05, 0) is 0 Å². The molecule has 0 unspecified atom stereocenters. The first-order valence-electron chi connectivity index (χ1n) is 4.89. The van der Waals surface area contributed by atoms with Crippen molar-refractivity contribution in [3.63, 3.8) is 0 Å². The van der Waals surface area contributed by atoms with Crippen LogP contribution in [0.1, 0.15) is 0 Å². The van der Waals surface area contributed by atoms with Gasteiger partial charge in [-0.2, -0.15) is 58.9 Å². The van der Waals surface area contributed by atoms with Crippen molar-refractivity contribution in [3.8, 4) is 0 Å². The fourth-order valence-electron chi connectivity index (χ4n) is 0. The van der Waals surface area contributed by atoms with Crippen LogP contribution in [0.4, 0.5) is 0 Å². The Bertz CT molecular complexity index is 918. The van der Waals surface area contributed by atoms with E-state index in [9.17, 15) is 0 Å². The molecule has 0 amide bonds. The summed E-state index contributed by atoms with van der Waals surface area (Å²) in [6, 6.07) is 0. The molecule has 0 fully saturated rings. The molecule has 0 bridgehead atoms. The van der Waals surface area contributed by atoms with Gasteiger partial charge in [0.05, 0.1) is 0 Å². The summed E-state index contributed by atoms with van der Waals surface area (Å²) in [5.41, 5.74) is 0. The van der Waals surface area contributed by atoms with Gasteiger partial charge in [-0.15, -0.1) is 0 Å². The first kappa shape index (κ1) is 67.7. The summed E-state index contributed by atoms with van der Waals surface area (Å²) in [5, 5.41) is 0. The molecule has 230 valence electrons. The zero-order chi connectivity index (χ0) is 31.5. The van der Waals surface area contributed by atoms with Gasteiger partial charge < -0.3 is 0 Å². The van der Waals surface area contributed by atoms with Gasteiger partial charge in [-0.25, -0.2) is 0 Å². The van der Waals surface area contributed by atoms with E-state index in [-0.39, 0.29) is 88.7 Å². The molecule has 28 nitrogen and oxygen atoms in total. The molecular formula is H17Na3O28S7. The fourth-order valence-corrected chi connectivity index (χ4v) is 0. The third-order valence-corrected chi connectivity index (χ3v) is 0. The molecule has 0 saturated carbocycles. The molecule has 0 spiro atoms. The standard InChI is InChI=1S/3Na.7H2O4S.3H/c;;;7*1-5(2,3)4;;;/h;;;7*(H2,1,2,3,4);;;. The average Bonchev–Trinajstić information content (AvgIpc) is 2.06. The Morgan fingerprint density at radius 3 is 0.184 bits per heavy atom. The Labute approximate surface area is 280 Å². The van der Waals surface area contributed by atoms with Crippen molar-refractivity contribution in [1.82, 2.24) is 0 Å². The van der Waals surface area contributed by atoms with Crippen molar-refractivity contribution < 1.29 is 123 Å². The van der Waals surface area contributed by atoms with Crippen LogP contribution in [-0.4, -0.2) is 211 Å². The summed E-state index contributed by atoms with van der Waals surface area (Å²) in [4.78, 5) is 0. The normalized spacial score (nSPS) is 10.7. The molecule has 0 saturated heterocycles. The molecule has 0 aliphatic heterocycles. The van der Waals surface area contributed by atoms with Crippen LogP contribution in [0, 0.1) is 0 Å². The zero-order valence-electron chi connectivity index (χ0n) is 14.8. The van der Waals surface area contributed by atoms with Crippen LogP contribution in [0.2, 0.25) is 0 Å². The van der Waals surface area contributed by atoms with Gasteiger partial charge in [0.1, 0.15) is 0 Å². The molecule has 0 rings (SSSR count). The van der Waals surface area contributed by atoms with E-state index in [4.69, 9.17) is 123 Å². The van der Waals surface area contributed by atoms with Crippen LogP contribution < -0.4 is 0 Å². The van der Waals surface area contributed by atoms with Gasteiger partial charge in [0.15, 0.2) is 0 Å². The Balaban J connectivity index is -0.0000000297. The predicted molar refractivity (Wildman–Crippen MR) is 121 cm³/mol. The van der Waals surface area contributed by atoms with E-state index in [0.29, 0.717) is 0 Å². The Morgan fingerprint density at radius 2 is 0.184 bits per heavy atom. The monoisotopic (exact) mass is 758 g/mol. The molecule has 0 heterocycles. The van der Waals surface area contributed by atoms with Crippen LogP contribution in [0.15, 0.2) is 0 Å². The van der Waals surface area contributed by atoms with Gasteiger partial charge in [0.2, 0.25) is 0 Å². The second-order valence-corrected chi connectivity index (χ2v) is 9.40. The first-order valence-corrected chi connectivity index (χ1v) is 14.7. The summed E-state index contributed by atoms with van der Waals surface area (Å²) in [6.45, 7) is 0. The second kappa shape index (κ2) is 29.2. The van der Waals surface area contributed by atoms with Crippen LogP contribution in [-0.2, 0) is 72.8 Å². The average molecular weight is 759 g/mol. The van der Waals surface area contributed by atoms with E-state index in [1.54, 1.807) is 0 Å². The molecule has 0 aliphatic carbocycles. The molecule has 0 atom stereocenters. The minimum absolute atomic E-state index is 0. The van der Waals surface area contributed by atoms with Crippen LogP contribution in [0.5, 0.6) is 0 Å². The maximum atomic E-state index is 8.74. The SMILES string of the molecule is O=S(=O)(O)O.O=S(=O)(O)O.O=S(=O)(O)O.O=S(=O)(O)O.O=S(=O)(O)O.O=S(=O)(O)O.O=S(=O)(O)O.[NaH].[NaH].[NaH]. The zero-order valence-corrected chi connectivity index (χ0v) is 20.5. The molecule has 38 heavy (non-hydrogen) atoms. The number of rotatable bonds is 0. The van der Waals surface area contributed by atoms with Crippen molar-refractivity contribution in [2.45, 2.75) is 0 Å². The van der Waals surface area contributed by atoms with E-state index in [0.717, 1.165) is 0 Å². The topological polar surface area (TPSA) is 522 Å². The molecule has 0 aromatic carbocycles. The molecule has 0 aromatic heterocycles. The summed E-state index contributed by atoms with van der Waals surface area (Å²) in [7, 11) is -32.7. The Kier molecular flexibility index (Phi) is 51.9. The van der Waals surface area contributed by atoms with E-state index in [1.165, 1.54) is 0 Å². The number of hydrogen-bond acceptors (Lipinski definition) is 14. The van der Waals surface area contributed by atoms with E-state index in [2.05, 4.69) is 0 Å². The van der Waals surface area contributed by atoms with Crippen LogP contribution in [0.25, 0.3) is 0 Å². The van der Waals surface area contributed by atoms with Crippen molar-refractivity contribution >= 4 is 161 Å². The second-order valence-electron chi connectivity index (χ2n) is 3.13. The van der Waals surface area contributed by atoms with E-state index < -0.39 is 72.8 Å². The Hall–Kier alpha value is 2.09. The molecule has 14 N–H and O–H groups in total. The van der Waals surface area contributed by atoms with E-state index >= 15 is 0 Å². The summed E-state index contributed by atoms with van der Waals surface area (Å²) in [6.07, 6.45) is 0. The molecule has 0 aliphatic rings. The van der Waals surface area contributed by atoms with E-state index in [1.807, 2.05) is 0 Å².